The molecule has 1 fully saturated rings. The van der Waals surface area contributed by atoms with Crippen molar-refractivity contribution in [2.75, 3.05) is 34.4 Å². The summed E-state index contributed by atoms with van der Waals surface area (Å²) in [6, 6.07) is 18.1. The van der Waals surface area contributed by atoms with E-state index in [-0.39, 0.29) is 24.3 Å². The maximum absolute atomic E-state index is 13.4. The van der Waals surface area contributed by atoms with Crippen LogP contribution in [0.2, 0.25) is 0 Å². The Morgan fingerprint density at radius 2 is 1.74 bits per heavy atom. The standard InChI is InChI=1S/C27H29N3O5/c1-33-20-12-10-18(11-13-20)27(32)30-16-22(21-8-6-9-24(34-2)25(21)35-3)23(17-30)26(31)29-15-19-7-4-5-14-28-19/h4-14,22-23H,15-17H2,1-3H3,(H,29,31). The molecule has 1 N–H and O–H groups in total. The normalized spacial score (nSPS) is 17.1. The Labute approximate surface area is 204 Å². The van der Waals surface area contributed by atoms with Gasteiger partial charge >= 0.3 is 0 Å². The number of ether oxygens (including phenoxy) is 3. The minimum absolute atomic E-state index is 0.139. The average Bonchev–Trinajstić information content (AvgIpc) is 3.37. The molecule has 8 nitrogen and oxygen atoms in total. The molecule has 2 unspecified atom stereocenters. The van der Waals surface area contributed by atoms with Crippen LogP contribution in [0.1, 0.15) is 27.5 Å². The Bertz CT molecular complexity index is 1170. The van der Waals surface area contributed by atoms with E-state index in [4.69, 9.17) is 14.2 Å². The predicted molar refractivity (Wildman–Crippen MR) is 131 cm³/mol. The Morgan fingerprint density at radius 1 is 0.943 bits per heavy atom. The molecular weight excluding hydrogens is 446 g/mol. The van der Waals surface area contributed by atoms with Crippen molar-refractivity contribution in [3.63, 3.8) is 0 Å². The average molecular weight is 476 g/mol. The molecule has 2 heterocycles. The van der Waals surface area contributed by atoms with Crippen LogP contribution in [0.25, 0.3) is 0 Å². The molecule has 1 aliphatic heterocycles. The summed E-state index contributed by atoms with van der Waals surface area (Å²) in [5, 5.41) is 2.99. The quantitative estimate of drug-likeness (QED) is 0.538. The van der Waals surface area contributed by atoms with Gasteiger partial charge in [-0.2, -0.15) is 0 Å². The number of nitrogens with zero attached hydrogens (tertiary/aromatic N) is 2. The molecule has 0 bridgehead atoms. The van der Waals surface area contributed by atoms with Gasteiger partial charge in [-0.15, -0.1) is 0 Å². The van der Waals surface area contributed by atoms with Crippen molar-refractivity contribution in [1.29, 1.82) is 0 Å². The predicted octanol–water partition coefficient (Wildman–Crippen LogP) is 3.28. The van der Waals surface area contributed by atoms with Crippen LogP contribution in [0.15, 0.2) is 66.9 Å². The lowest BCUT2D eigenvalue weighted by Gasteiger charge is -2.21. The minimum atomic E-state index is -0.470. The Hall–Kier alpha value is -4.07. The third kappa shape index (κ3) is 5.21. The third-order valence-electron chi connectivity index (χ3n) is 6.28. The maximum atomic E-state index is 13.4. The van der Waals surface area contributed by atoms with E-state index in [0.29, 0.717) is 35.9 Å². The zero-order chi connectivity index (χ0) is 24.8. The highest BCUT2D eigenvalue weighted by Gasteiger charge is 2.42. The topological polar surface area (TPSA) is 90.0 Å². The smallest absolute Gasteiger partial charge is 0.253 e. The minimum Gasteiger partial charge on any atom is -0.497 e. The second-order valence-electron chi connectivity index (χ2n) is 8.27. The number of hydrogen-bond donors (Lipinski definition) is 1. The highest BCUT2D eigenvalue weighted by atomic mass is 16.5. The van der Waals surface area contributed by atoms with Crippen molar-refractivity contribution in [3.8, 4) is 17.2 Å². The van der Waals surface area contributed by atoms with Gasteiger partial charge in [-0.05, 0) is 42.5 Å². The SMILES string of the molecule is COc1ccc(C(=O)N2CC(C(=O)NCc3ccccn3)C(c3cccc(OC)c3OC)C2)cc1. The summed E-state index contributed by atoms with van der Waals surface area (Å²) >= 11 is 0. The zero-order valence-electron chi connectivity index (χ0n) is 20.1. The van der Waals surface area contributed by atoms with Gasteiger partial charge in [-0.3, -0.25) is 14.6 Å². The van der Waals surface area contributed by atoms with Crippen molar-refractivity contribution in [2.24, 2.45) is 5.92 Å². The van der Waals surface area contributed by atoms with Gasteiger partial charge in [-0.1, -0.05) is 18.2 Å². The highest BCUT2D eigenvalue weighted by molar-refractivity contribution is 5.95. The molecule has 2 atom stereocenters. The van der Waals surface area contributed by atoms with Crippen LogP contribution >= 0.6 is 0 Å². The first kappa shape index (κ1) is 24.1. The van der Waals surface area contributed by atoms with Crippen LogP contribution in [0.5, 0.6) is 17.2 Å². The van der Waals surface area contributed by atoms with Crippen LogP contribution in [-0.4, -0.2) is 56.1 Å². The summed E-state index contributed by atoms with van der Waals surface area (Å²) in [4.78, 5) is 32.7. The number of benzene rings is 2. The molecule has 0 aliphatic carbocycles. The van der Waals surface area contributed by atoms with E-state index in [1.165, 1.54) is 0 Å². The van der Waals surface area contributed by atoms with Crippen molar-refractivity contribution in [2.45, 2.75) is 12.5 Å². The Balaban J connectivity index is 1.62. The van der Waals surface area contributed by atoms with Gasteiger partial charge < -0.3 is 24.4 Å². The number of para-hydroxylation sites is 1. The van der Waals surface area contributed by atoms with Crippen molar-refractivity contribution in [3.05, 3.63) is 83.7 Å². The molecule has 0 radical (unpaired) electrons. The third-order valence-corrected chi connectivity index (χ3v) is 6.28. The molecule has 4 rings (SSSR count). The molecule has 1 aliphatic rings. The number of rotatable bonds is 8. The molecule has 1 saturated heterocycles. The molecule has 2 aromatic carbocycles. The number of hydrogen-bond acceptors (Lipinski definition) is 6. The van der Waals surface area contributed by atoms with Gasteiger partial charge in [0.2, 0.25) is 5.91 Å². The highest BCUT2D eigenvalue weighted by Crippen LogP contribution is 2.42. The monoisotopic (exact) mass is 475 g/mol. The van der Waals surface area contributed by atoms with Gasteiger partial charge in [0.15, 0.2) is 11.5 Å². The number of pyridine rings is 1. The first-order valence-corrected chi connectivity index (χ1v) is 11.4. The maximum Gasteiger partial charge on any atom is 0.253 e. The summed E-state index contributed by atoms with van der Waals surface area (Å²) in [5.41, 5.74) is 2.13. The molecule has 1 aromatic heterocycles. The fraction of sp³-hybridized carbons (Fsp3) is 0.296. The van der Waals surface area contributed by atoms with E-state index in [9.17, 15) is 9.59 Å². The number of aromatic nitrogens is 1. The van der Waals surface area contributed by atoms with Crippen LogP contribution in [0.3, 0.4) is 0 Å². The van der Waals surface area contributed by atoms with Gasteiger partial charge in [-0.25, -0.2) is 0 Å². The second-order valence-corrected chi connectivity index (χ2v) is 8.27. The Morgan fingerprint density at radius 3 is 2.40 bits per heavy atom. The fourth-order valence-corrected chi connectivity index (χ4v) is 4.48. The van der Waals surface area contributed by atoms with Crippen LogP contribution in [0.4, 0.5) is 0 Å². The largest absolute Gasteiger partial charge is 0.497 e. The lowest BCUT2D eigenvalue weighted by atomic mass is 9.87. The summed E-state index contributed by atoms with van der Waals surface area (Å²) < 4.78 is 16.3. The first-order chi connectivity index (χ1) is 17.0. The van der Waals surface area contributed by atoms with E-state index in [1.54, 1.807) is 56.7 Å². The number of carbonyl (C=O) groups is 2. The summed E-state index contributed by atoms with van der Waals surface area (Å²) in [6.07, 6.45) is 1.69. The number of methoxy groups -OCH3 is 3. The molecule has 0 saturated carbocycles. The van der Waals surface area contributed by atoms with Crippen molar-refractivity contribution in [1.82, 2.24) is 15.2 Å². The first-order valence-electron chi connectivity index (χ1n) is 11.4. The van der Waals surface area contributed by atoms with Gasteiger partial charge in [0, 0.05) is 36.3 Å². The van der Waals surface area contributed by atoms with Crippen LogP contribution in [0, 0.1) is 5.92 Å². The van der Waals surface area contributed by atoms with E-state index in [0.717, 1.165) is 11.3 Å². The molecule has 2 amide bonds. The van der Waals surface area contributed by atoms with Crippen LogP contribution < -0.4 is 19.5 Å². The number of amides is 2. The van der Waals surface area contributed by atoms with Gasteiger partial charge in [0.25, 0.3) is 5.91 Å². The Kier molecular flexibility index (Phi) is 7.50. The van der Waals surface area contributed by atoms with Gasteiger partial charge in [0.05, 0.1) is 39.5 Å². The summed E-state index contributed by atoms with van der Waals surface area (Å²) in [7, 11) is 4.73. The number of likely N-dealkylation sites (tertiary alicyclic amines) is 1. The van der Waals surface area contributed by atoms with E-state index < -0.39 is 5.92 Å². The summed E-state index contributed by atoms with van der Waals surface area (Å²) in [5.74, 6) is 0.801. The number of carbonyl (C=O) groups excluding carboxylic acids is 2. The lowest BCUT2D eigenvalue weighted by Crippen LogP contribution is -2.35. The summed E-state index contributed by atoms with van der Waals surface area (Å²) in [6.45, 7) is 0.963. The van der Waals surface area contributed by atoms with E-state index in [1.807, 2.05) is 36.4 Å². The molecule has 0 spiro atoms. The zero-order valence-corrected chi connectivity index (χ0v) is 20.1. The van der Waals surface area contributed by atoms with Crippen molar-refractivity contribution < 1.29 is 23.8 Å². The molecule has 3 aromatic rings. The fourth-order valence-electron chi connectivity index (χ4n) is 4.48. The van der Waals surface area contributed by atoms with Gasteiger partial charge in [0.1, 0.15) is 5.75 Å². The number of nitrogens with one attached hydrogen (secondary N) is 1. The van der Waals surface area contributed by atoms with E-state index >= 15 is 0 Å². The van der Waals surface area contributed by atoms with Crippen molar-refractivity contribution >= 4 is 11.8 Å². The molecular formula is C27H29N3O5. The van der Waals surface area contributed by atoms with E-state index in [2.05, 4.69) is 10.3 Å². The molecule has 35 heavy (non-hydrogen) atoms. The second kappa shape index (κ2) is 10.9. The van der Waals surface area contributed by atoms with Crippen LogP contribution in [-0.2, 0) is 11.3 Å². The molecule has 182 valence electrons. The molecule has 8 heteroatoms. The lowest BCUT2D eigenvalue weighted by molar-refractivity contribution is -0.125.